The van der Waals surface area contributed by atoms with Crippen molar-refractivity contribution in [2.75, 3.05) is 0 Å². The van der Waals surface area contributed by atoms with Crippen LogP contribution in [-0.2, 0) is 7.05 Å². The Kier molecular flexibility index (Phi) is 3.47. The molecule has 0 saturated heterocycles. The van der Waals surface area contributed by atoms with Gasteiger partial charge in [-0.05, 0) is 67.0 Å². The van der Waals surface area contributed by atoms with Crippen LogP contribution in [0.25, 0.3) is 33.5 Å². The third-order valence-corrected chi connectivity index (χ3v) is 5.36. The molecule has 0 fully saturated rings. The zero-order valence-corrected chi connectivity index (χ0v) is 17.0. The smallest absolute Gasteiger partial charge is 0.201 e. The molecule has 1 aromatic heterocycles. The Balaban J connectivity index is 1.93. The van der Waals surface area contributed by atoms with Gasteiger partial charge in [0.05, 0.1) is 5.56 Å². The van der Waals surface area contributed by atoms with Crippen molar-refractivity contribution in [1.82, 2.24) is 0 Å². The maximum atomic E-state index is 8.29. The Labute approximate surface area is 182 Å². The summed E-state index contributed by atoms with van der Waals surface area (Å²) in [6.45, 7) is -0.522. The highest BCUT2D eigenvalue weighted by Gasteiger charge is 2.19. The first-order valence-corrected chi connectivity index (χ1v) is 9.68. The fraction of sp³-hybridized carbons (Fsp3) is 0.179. The van der Waals surface area contributed by atoms with Crippen molar-refractivity contribution in [3.63, 3.8) is 0 Å². The number of aromatic nitrogens is 1. The van der Waals surface area contributed by atoms with Gasteiger partial charge in [0.15, 0.2) is 6.20 Å². The number of benzene rings is 3. The van der Waals surface area contributed by atoms with Gasteiger partial charge in [-0.25, -0.2) is 4.57 Å². The molecular formula is C28H28N+. The van der Waals surface area contributed by atoms with Crippen LogP contribution in [0.1, 0.15) is 30.5 Å². The highest BCUT2D eigenvalue weighted by Crippen LogP contribution is 2.36. The minimum Gasteiger partial charge on any atom is -0.201 e. The first-order valence-electron chi connectivity index (χ1n) is 12.7. The summed E-state index contributed by atoms with van der Waals surface area (Å²) in [5, 5.41) is 0. The van der Waals surface area contributed by atoms with Crippen LogP contribution in [0.3, 0.4) is 0 Å². The second-order valence-corrected chi connectivity index (χ2v) is 7.54. The van der Waals surface area contributed by atoms with E-state index in [2.05, 4.69) is 0 Å². The van der Waals surface area contributed by atoms with E-state index >= 15 is 0 Å². The molecule has 0 bridgehead atoms. The Morgan fingerprint density at radius 2 is 1.45 bits per heavy atom. The number of hydrogen-bond acceptors (Lipinski definition) is 0. The first kappa shape index (κ1) is 13.1. The number of rotatable bonds is 3. The van der Waals surface area contributed by atoms with Crippen LogP contribution in [-0.4, -0.2) is 0 Å². The van der Waals surface area contributed by atoms with E-state index in [9.17, 15) is 0 Å². The summed E-state index contributed by atoms with van der Waals surface area (Å²) in [6.07, 6.45) is 1.61. The molecule has 1 heteroatoms. The maximum absolute atomic E-state index is 8.29. The summed E-state index contributed by atoms with van der Waals surface area (Å²) >= 11 is 0. The zero-order chi connectivity index (χ0) is 25.5. The molecule has 1 heterocycles. The third-order valence-electron chi connectivity index (χ3n) is 5.36. The van der Waals surface area contributed by atoms with Crippen LogP contribution in [0.2, 0.25) is 0 Å². The molecule has 29 heavy (non-hydrogen) atoms. The molecule has 0 saturated carbocycles. The second-order valence-electron chi connectivity index (χ2n) is 7.54. The quantitative estimate of drug-likeness (QED) is 0.344. The third kappa shape index (κ3) is 3.73. The molecule has 0 atom stereocenters. The normalized spacial score (nSPS) is 14.9. The van der Waals surface area contributed by atoms with Crippen molar-refractivity contribution in [2.24, 2.45) is 7.05 Å². The fourth-order valence-corrected chi connectivity index (χ4v) is 3.80. The molecule has 0 aliphatic carbocycles. The van der Waals surface area contributed by atoms with E-state index in [0.29, 0.717) is 5.56 Å². The molecule has 1 nitrogen and oxygen atoms in total. The van der Waals surface area contributed by atoms with Gasteiger partial charge < -0.3 is 0 Å². The molecule has 0 spiro atoms. The summed E-state index contributed by atoms with van der Waals surface area (Å²) in [5.41, 5.74) is 7.58. The van der Waals surface area contributed by atoms with Crippen molar-refractivity contribution in [3.8, 4) is 33.5 Å². The molecule has 0 unspecified atom stereocenters. The lowest BCUT2D eigenvalue weighted by atomic mass is 9.89. The van der Waals surface area contributed by atoms with Crippen molar-refractivity contribution < 1.29 is 12.8 Å². The Hall–Kier alpha value is -3.19. The van der Waals surface area contributed by atoms with Crippen LogP contribution in [0, 0.1) is 27.6 Å². The standard InChI is InChI=1S/C28H28N/c1-19-9-12-23(13-10-19)24-14-15-25(22(4)17-24)26-8-6-7-21(3)28(26)27-16-11-20(2)18-29(27)5/h6-18H,1-5H3/q+1/i2D3,4D3. The van der Waals surface area contributed by atoms with Gasteiger partial charge in [0, 0.05) is 19.9 Å². The van der Waals surface area contributed by atoms with Crippen LogP contribution >= 0.6 is 0 Å². The topological polar surface area (TPSA) is 3.88 Å². The van der Waals surface area contributed by atoms with Gasteiger partial charge in [0.2, 0.25) is 5.69 Å². The lowest BCUT2D eigenvalue weighted by Gasteiger charge is -2.15. The van der Waals surface area contributed by atoms with Crippen LogP contribution in [0.15, 0.2) is 79.0 Å². The summed E-state index contributed by atoms with van der Waals surface area (Å²) in [7, 11) is 1.81. The molecular weight excluding hydrogens is 350 g/mol. The highest BCUT2D eigenvalue weighted by atomic mass is 14.9. The molecule has 0 amide bonds. The van der Waals surface area contributed by atoms with Gasteiger partial charge in [0.25, 0.3) is 0 Å². The molecule has 4 rings (SSSR count). The summed E-state index contributed by atoms with van der Waals surface area (Å²) in [5.74, 6) is 0. The number of aryl methyl sites for hydroxylation is 5. The van der Waals surface area contributed by atoms with Gasteiger partial charge in [-0.15, -0.1) is 0 Å². The van der Waals surface area contributed by atoms with Crippen molar-refractivity contribution in [3.05, 3.63) is 101 Å². The number of pyridine rings is 1. The van der Waals surface area contributed by atoms with E-state index in [1.54, 1.807) is 29.0 Å². The summed E-state index contributed by atoms with van der Waals surface area (Å²) < 4.78 is 49.8. The molecule has 144 valence electrons. The van der Waals surface area contributed by atoms with Gasteiger partial charge in [0.1, 0.15) is 7.05 Å². The molecule has 3 aromatic carbocycles. The first-order chi connectivity index (χ1) is 16.4. The Bertz CT molecular complexity index is 1380. The van der Waals surface area contributed by atoms with Gasteiger partial charge in [-0.3, -0.25) is 0 Å². The average molecular weight is 385 g/mol. The van der Waals surface area contributed by atoms with E-state index in [4.69, 9.17) is 8.22 Å². The fourth-order valence-electron chi connectivity index (χ4n) is 3.80. The monoisotopic (exact) mass is 384 g/mol. The molecule has 0 aliphatic rings. The number of nitrogens with zero attached hydrogens (tertiary/aromatic N) is 1. The zero-order valence-electron chi connectivity index (χ0n) is 23.0. The lowest BCUT2D eigenvalue weighted by molar-refractivity contribution is -0.660. The Morgan fingerprint density at radius 3 is 2.17 bits per heavy atom. The van der Waals surface area contributed by atoms with Crippen molar-refractivity contribution in [1.29, 1.82) is 0 Å². The van der Waals surface area contributed by atoms with Crippen LogP contribution < -0.4 is 4.57 Å². The van der Waals surface area contributed by atoms with E-state index in [1.165, 1.54) is 0 Å². The second kappa shape index (κ2) is 7.67. The van der Waals surface area contributed by atoms with E-state index in [0.717, 1.165) is 39.1 Å². The number of hydrogen-bond donors (Lipinski definition) is 0. The molecule has 0 aliphatic heterocycles. The largest absolute Gasteiger partial charge is 0.213 e. The summed E-state index contributed by atoms with van der Waals surface area (Å²) in [6, 6.07) is 22.9. The SMILES string of the molecule is [2H]C([2H])([2H])c1ccc(-c2c(C)cccc2-c2ccc(-c3ccc(C)cc3)cc2C([2H])([2H])[2H])[n+](C)c1. The molecule has 4 aromatic rings. The van der Waals surface area contributed by atoms with Gasteiger partial charge >= 0.3 is 0 Å². The average Bonchev–Trinajstić information content (AvgIpc) is 2.78. The minimum atomic E-state index is -2.32. The van der Waals surface area contributed by atoms with E-state index in [1.807, 2.05) is 75.5 Å². The van der Waals surface area contributed by atoms with E-state index < -0.39 is 13.7 Å². The molecule has 0 N–H and O–H groups in total. The highest BCUT2D eigenvalue weighted by molar-refractivity contribution is 5.85. The predicted octanol–water partition coefficient (Wildman–Crippen LogP) is 6.75. The van der Waals surface area contributed by atoms with Crippen LogP contribution in [0.5, 0.6) is 0 Å². The summed E-state index contributed by atoms with van der Waals surface area (Å²) in [4.78, 5) is 0. The van der Waals surface area contributed by atoms with Gasteiger partial charge in [-0.1, -0.05) is 66.2 Å². The van der Waals surface area contributed by atoms with Crippen molar-refractivity contribution >= 4 is 0 Å². The Morgan fingerprint density at radius 1 is 0.690 bits per heavy atom. The van der Waals surface area contributed by atoms with E-state index in [-0.39, 0.29) is 11.1 Å². The van der Waals surface area contributed by atoms with Crippen LogP contribution in [0.4, 0.5) is 0 Å². The minimum absolute atomic E-state index is 0.254. The van der Waals surface area contributed by atoms with Crippen molar-refractivity contribution in [2.45, 2.75) is 27.6 Å². The predicted molar refractivity (Wildman–Crippen MR) is 123 cm³/mol. The van der Waals surface area contributed by atoms with Gasteiger partial charge in [-0.2, -0.15) is 0 Å². The molecule has 0 radical (unpaired) electrons. The maximum Gasteiger partial charge on any atom is 0.213 e. The lowest BCUT2D eigenvalue weighted by Crippen LogP contribution is -2.31.